The molecule has 1 aliphatic heterocycles. The first kappa shape index (κ1) is 29.7. The number of morpholine rings is 1. The van der Waals surface area contributed by atoms with E-state index in [-0.39, 0.29) is 6.10 Å². The molecule has 1 aliphatic rings. The van der Waals surface area contributed by atoms with Crippen LogP contribution in [0, 0.1) is 0 Å². The average molecular weight is 603 g/mol. The van der Waals surface area contributed by atoms with Crippen LogP contribution >= 0.6 is 9.47 Å². The second kappa shape index (κ2) is 13.5. The van der Waals surface area contributed by atoms with Gasteiger partial charge in [0.15, 0.2) is 6.23 Å². The summed E-state index contributed by atoms with van der Waals surface area (Å²) < 4.78 is 13.6. The minimum atomic E-state index is -0.670. The molecule has 222 valence electrons. The van der Waals surface area contributed by atoms with Crippen LogP contribution in [-0.2, 0) is 14.8 Å². The molecule has 0 amide bonds. The largest absolute Gasteiger partial charge is 0.363 e. The van der Waals surface area contributed by atoms with Crippen molar-refractivity contribution >= 4 is 21.0 Å². The number of nitrogens with zero attached hydrogens (tertiary/aromatic N) is 3. The molecule has 1 N–H and O–H groups in total. The third kappa shape index (κ3) is 6.01. The first-order valence-corrected chi connectivity index (χ1v) is 15.1. The number of ether oxygens (including phenoxy) is 1. The summed E-state index contributed by atoms with van der Waals surface area (Å²) in [7, 11) is 2.32. The molecule has 4 aromatic carbocycles. The van der Waals surface area contributed by atoms with Crippen LogP contribution in [0.5, 0.6) is 0 Å². The molecule has 8 heteroatoms. The summed E-state index contributed by atoms with van der Waals surface area (Å²) in [6.45, 7) is 5.45. The average Bonchev–Trinajstić information content (AvgIpc) is 3.07. The summed E-state index contributed by atoms with van der Waals surface area (Å²) in [4.78, 5) is 20.3. The van der Waals surface area contributed by atoms with Crippen LogP contribution in [0.15, 0.2) is 145 Å². The molecule has 1 aromatic heterocycles. The van der Waals surface area contributed by atoms with Crippen molar-refractivity contribution in [1.82, 2.24) is 14.5 Å². The van der Waals surface area contributed by atoms with Crippen molar-refractivity contribution in [2.75, 3.05) is 25.0 Å². The minimum absolute atomic E-state index is 0.315. The van der Waals surface area contributed by atoms with Crippen LogP contribution in [0.25, 0.3) is 5.70 Å². The van der Waals surface area contributed by atoms with Crippen molar-refractivity contribution in [3.63, 3.8) is 0 Å². The lowest BCUT2D eigenvalue weighted by Gasteiger charge is -2.50. The van der Waals surface area contributed by atoms with Gasteiger partial charge in [0.1, 0.15) is 5.82 Å². The molecule has 5 aromatic rings. The topological polar surface area (TPSA) is 68.6 Å². The smallest absolute Gasteiger partial charge is 0.351 e. The Morgan fingerprint density at radius 1 is 0.841 bits per heavy atom. The van der Waals surface area contributed by atoms with Gasteiger partial charge >= 0.3 is 5.69 Å². The van der Waals surface area contributed by atoms with Gasteiger partial charge in [-0.1, -0.05) is 128 Å². The van der Waals surface area contributed by atoms with Crippen LogP contribution in [0.3, 0.4) is 0 Å². The number of aromatic nitrogens is 2. The molecular formula is C36H35N4O3P. The molecule has 3 unspecified atom stereocenters. The Morgan fingerprint density at radius 2 is 1.36 bits per heavy atom. The van der Waals surface area contributed by atoms with E-state index in [0.29, 0.717) is 31.2 Å². The van der Waals surface area contributed by atoms with Gasteiger partial charge in [-0.25, -0.2) is 4.79 Å². The van der Waals surface area contributed by atoms with Crippen molar-refractivity contribution in [3.05, 3.63) is 173 Å². The fraction of sp³-hybridized carbons (Fsp3) is 0.167. The van der Waals surface area contributed by atoms with E-state index in [4.69, 9.17) is 9.26 Å². The zero-order chi connectivity index (χ0) is 30.4. The van der Waals surface area contributed by atoms with Crippen molar-refractivity contribution in [3.8, 4) is 0 Å². The fourth-order valence-electron chi connectivity index (χ4n) is 6.10. The molecule has 6 rings (SSSR count). The number of benzene rings is 4. The zero-order valence-corrected chi connectivity index (χ0v) is 25.5. The summed E-state index contributed by atoms with van der Waals surface area (Å²) >= 11 is 0. The van der Waals surface area contributed by atoms with Gasteiger partial charge in [0.05, 0.1) is 18.2 Å². The van der Waals surface area contributed by atoms with Gasteiger partial charge in [-0.3, -0.25) is 9.47 Å². The molecule has 0 aliphatic carbocycles. The van der Waals surface area contributed by atoms with Crippen molar-refractivity contribution in [1.29, 1.82) is 0 Å². The van der Waals surface area contributed by atoms with Gasteiger partial charge in [0.2, 0.25) is 0 Å². The number of rotatable bonds is 10. The lowest BCUT2D eigenvalue weighted by Crippen LogP contribution is -2.58. The Kier molecular flexibility index (Phi) is 9.10. The third-order valence-electron chi connectivity index (χ3n) is 8.02. The molecule has 0 saturated carbocycles. The van der Waals surface area contributed by atoms with Crippen molar-refractivity contribution in [2.45, 2.75) is 17.9 Å². The van der Waals surface area contributed by atoms with Gasteiger partial charge in [0, 0.05) is 34.5 Å². The van der Waals surface area contributed by atoms with Crippen LogP contribution in [-0.4, -0.2) is 40.3 Å². The van der Waals surface area contributed by atoms with E-state index in [0.717, 1.165) is 22.3 Å². The highest BCUT2D eigenvalue weighted by molar-refractivity contribution is 7.09. The molecule has 2 heterocycles. The molecular weight excluding hydrogens is 567 g/mol. The van der Waals surface area contributed by atoms with E-state index in [1.165, 1.54) is 0 Å². The Morgan fingerprint density at radius 3 is 1.86 bits per heavy atom. The zero-order valence-electron chi connectivity index (χ0n) is 24.3. The van der Waals surface area contributed by atoms with E-state index in [2.05, 4.69) is 104 Å². The first-order chi connectivity index (χ1) is 21.6. The van der Waals surface area contributed by atoms with Gasteiger partial charge in [0.25, 0.3) is 0 Å². The van der Waals surface area contributed by atoms with Crippen molar-refractivity contribution in [2.24, 2.45) is 0 Å². The summed E-state index contributed by atoms with van der Waals surface area (Å²) in [6.07, 6.45) is 0.804. The van der Waals surface area contributed by atoms with Gasteiger partial charge in [-0.15, -0.1) is 0 Å². The van der Waals surface area contributed by atoms with E-state index in [1.807, 2.05) is 48.5 Å². The lowest BCUT2D eigenvalue weighted by atomic mass is 9.75. The Bertz CT molecular complexity index is 1640. The van der Waals surface area contributed by atoms with Gasteiger partial charge < -0.3 is 14.6 Å². The molecule has 44 heavy (non-hydrogen) atoms. The number of hydrogen-bond acceptors (Lipinski definition) is 6. The second-order valence-electron chi connectivity index (χ2n) is 10.7. The maximum Gasteiger partial charge on any atom is 0.351 e. The monoisotopic (exact) mass is 602 g/mol. The van der Waals surface area contributed by atoms with Gasteiger partial charge in [-0.05, 0) is 28.3 Å². The number of anilines is 1. The van der Waals surface area contributed by atoms with E-state index < -0.39 is 17.5 Å². The van der Waals surface area contributed by atoms with Crippen LogP contribution in [0.1, 0.15) is 28.5 Å². The highest BCUT2D eigenvalue weighted by Crippen LogP contribution is 2.44. The number of hydrogen-bond donors (Lipinski definition) is 1. The Balaban J connectivity index is 1.42. The molecule has 1 fully saturated rings. The fourth-order valence-corrected chi connectivity index (χ4v) is 6.31. The lowest BCUT2D eigenvalue weighted by molar-refractivity contribution is -0.147. The maximum atomic E-state index is 13.5. The molecule has 3 atom stereocenters. The standard InChI is InChI=1S/C36H35N4O3P/c1-27(28-14-6-2-7-15-28)37-33-22-23-40(35(41)38-33)34-25-39(24-32(43-34)26-42-44)36(29-16-8-3-9-17-29,30-18-10-4-11-19-30)31-20-12-5-13-21-31/h2-23,32,34H,1,24-26,44H2,(H,37,38,41). The predicted octanol–water partition coefficient (Wildman–Crippen LogP) is 6.32. The summed E-state index contributed by atoms with van der Waals surface area (Å²) in [5.41, 5.74) is 3.85. The van der Waals surface area contributed by atoms with E-state index >= 15 is 0 Å². The van der Waals surface area contributed by atoms with E-state index in [9.17, 15) is 4.79 Å². The summed E-state index contributed by atoms with van der Waals surface area (Å²) in [5.74, 6) is 0.421. The maximum absolute atomic E-state index is 13.5. The summed E-state index contributed by atoms with van der Waals surface area (Å²) in [6, 6.07) is 43.0. The van der Waals surface area contributed by atoms with E-state index in [1.54, 1.807) is 16.8 Å². The minimum Gasteiger partial charge on any atom is -0.363 e. The highest BCUT2D eigenvalue weighted by Gasteiger charge is 2.46. The quantitative estimate of drug-likeness (QED) is 0.149. The van der Waals surface area contributed by atoms with Crippen molar-refractivity contribution < 1.29 is 9.26 Å². The molecule has 7 nitrogen and oxygen atoms in total. The number of nitrogens with one attached hydrogen (secondary N) is 1. The highest BCUT2D eigenvalue weighted by atomic mass is 31.0. The second-order valence-corrected chi connectivity index (χ2v) is 11.1. The Labute approximate surface area is 260 Å². The van der Waals surface area contributed by atoms with Crippen LogP contribution in [0.2, 0.25) is 0 Å². The summed E-state index contributed by atoms with van der Waals surface area (Å²) in [5, 5.41) is 3.16. The SMILES string of the molecule is C=C(Nc1ccn(C2CN(C(c3ccccc3)(c3ccccc3)c3ccccc3)CC(COP)O2)c(=O)n1)c1ccccc1. The molecule has 0 bridgehead atoms. The first-order valence-electron chi connectivity index (χ1n) is 14.6. The normalized spacial score (nSPS) is 17.2. The molecule has 0 spiro atoms. The third-order valence-corrected chi connectivity index (χ3v) is 8.22. The van der Waals surface area contributed by atoms with Crippen LogP contribution in [0.4, 0.5) is 5.82 Å². The molecule has 1 saturated heterocycles. The Hall–Kier alpha value is -4.39. The molecule has 0 radical (unpaired) electrons. The van der Waals surface area contributed by atoms with Gasteiger partial charge in [-0.2, -0.15) is 4.98 Å². The predicted molar refractivity (Wildman–Crippen MR) is 178 cm³/mol. The van der Waals surface area contributed by atoms with Crippen LogP contribution < -0.4 is 11.0 Å².